The molecule has 188 valence electrons. The van der Waals surface area contributed by atoms with Gasteiger partial charge in [0.05, 0.1) is 23.6 Å². The van der Waals surface area contributed by atoms with Gasteiger partial charge < -0.3 is 15.4 Å². The van der Waals surface area contributed by atoms with E-state index in [1.54, 1.807) is 53.6 Å². The zero-order valence-electron chi connectivity index (χ0n) is 19.3. The van der Waals surface area contributed by atoms with Gasteiger partial charge in [0.1, 0.15) is 11.6 Å². The number of pyridine rings is 1. The lowest BCUT2D eigenvalue weighted by molar-refractivity contribution is 0.0633. The van der Waals surface area contributed by atoms with Gasteiger partial charge in [0.25, 0.3) is 5.91 Å². The van der Waals surface area contributed by atoms with E-state index in [1.807, 2.05) is 0 Å². The van der Waals surface area contributed by atoms with E-state index in [1.165, 1.54) is 12.1 Å². The van der Waals surface area contributed by atoms with Crippen LogP contribution < -0.4 is 15.2 Å². The third kappa shape index (κ3) is 5.13. The summed E-state index contributed by atoms with van der Waals surface area (Å²) in [5.74, 6) is 0.0996. The van der Waals surface area contributed by atoms with Crippen molar-refractivity contribution in [3.05, 3.63) is 77.7 Å². The van der Waals surface area contributed by atoms with E-state index < -0.39 is 11.0 Å². The van der Waals surface area contributed by atoms with Crippen molar-refractivity contribution in [2.75, 3.05) is 24.4 Å². The molecule has 0 radical (unpaired) electrons. The Morgan fingerprint density at radius 2 is 2.06 bits per heavy atom. The summed E-state index contributed by atoms with van der Waals surface area (Å²) in [5, 5.41) is 0. The first-order valence-electron chi connectivity index (χ1n) is 11.5. The highest BCUT2D eigenvalue weighted by molar-refractivity contribution is 8.24. The van der Waals surface area contributed by atoms with Gasteiger partial charge in [-0.2, -0.15) is 0 Å². The van der Waals surface area contributed by atoms with E-state index in [4.69, 9.17) is 10.5 Å². The maximum atomic E-state index is 13.6. The molecule has 2 aliphatic heterocycles. The van der Waals surface area contributed by atoms with Crippen molar-refractivity contribution < 1.29 is 23.0 Å². The molecule has 9 nitrogen and oxygen atoms in total. The van der Waals surface area contributed by atoms with E-state index in [-0.39, 0.29) is 23.5 Å². The van der Waals surface area contributed by atoms with Crippen LogP contribution in [0.5, 0.6) is 5.75 Å². The first-order valence-corrected chi connectivity index (χ1v) is 13.0. The third-order valence-corrected chi connectivity index (χ3v) is 7.11. The first kappa shape index (κ1) is 24.0. The van der Waals surface area contributed by atoms with Gasteiger partial charge in [-0.15, -0.1) is 4.40 Å². The van der Waals surface area contributed by atoms with Crippen LogP contribution in [0.2, 0.25) is 0 Å². The average molecular weight is 512 g/mol. The van der Waals surface area contributed by atoms with Crippen LogP contribution in [0.15, 0.2) is 65.2 Å². The lowest BCUT2D eigenvalue weighted by Crippen LogP contribution is -2.41. The maximum Gasteiger partial charge on any atom is 0.253 e. The van der Waals surface area contributed by atoms with Crippen molar-refractivity contribution in [3.8, 4) is 17.0 Å². The van der Waals surface area contributed by atoms with Gasteiger partial charge in [-0.05, 0) is 60.2 Å². The molecule has 5 N–H and O–H groups in total. The molecule has 3 aromatic rings. The summed E-state index contributed by atoms with van der Waals surface area (Å²) < 4.78 is 45.7. The van der Waals surface area contributed by atoms with E-state index in [9.17, 15) is 18.3 Å². The molecule has 11 heteroatoms. The normalized spacial score (nSPS) is 19.5. The van der Waals surface area contributed by atoms with Crippen LogP contribution in [0, 0.1) is 11.7 Å². The number of carbonyl (C=O) groups excluding carboxylic acids is 1. The molecule has 0 aliphatic carbocycles. The van der Waals surface area contributed by atoms with Crippen LogP contribution in [-0.2, 0) is 0 Å². The Kier molecular flexibility index (Phi) is 6.52. The number of amidine groups is 1. The van der Waals surface area contributed by atoms with Gasteiger partial charge >= 0.3 is 0 Å². The Morgan fingerprint density at radius 3 is 2.89 bits per heavy atom. The fourth-order valence-electron chi connectivity index (χ4n) is 4.50. The Labute approximate surface area is 209 Å². The highest BCUT2D eigenvalue weighted by Crippen LogP contribution is 2.46. The summed E-state index contributed by atoms with van der Waals surface area (Å²) in [6, 6.07) is 14.6. The van der Waals surface area contributed by atoms with Gasteiger partial charge in [-0.3, -0.25) is 23.6 Å². The maximum absolute atomic E-state index is 13.6. The van der Waals surface area contributed by atoms with Crippen LogP contribution in [0.3, 0.4) is 0 Å². The molecule has 2 aromatic carbocycles. The van der Waals surface area contributed by atoms with Gasteiger partial charge in [-0.25, -0.2) is 4.39 Å². The molecular weight excluding hydrogens is 485 g/mol. The SMILES string of the molecule is NC1=NS(O)(O)Nc2cccc(OCC3CCCN(C(=O)c4ccnc(-c5cccc(F)c5)c4)C3)c21. The fourth-order valence-corrected chi connectivity index (χ4v) is 5.38. The summed E-state index contributed by atoms with van der Waals surface area (Å²) in [7, 11) is -3.37. The topological polar surface area (TPSA) is 133 Å². The molecule has 1 fully saturated rings. The summed E-state index contributed by atoms with van der Waals surface area (Å²) in [6.45, 7) is 1.51. The lowest BCUT2D eigenvalue weighted by atomic mass is 9.98. The van der Waals surface area contributed by atoms with Gasteiger partial charge in [-0.1, -0.05) is 18.2 Å². The van der Waals surface area contributed by atoms with Gasteiger partial charge in [0.2, 0.25) is 0 Å². The van der Waals surface area contributed by atoms with Crippen molar-refractivity contribution in [3.63, 3.8) is 0 Å². The summed E-state index contributed by atoms with van der Waals surface area (Å²) in [4.78, 5) is 19.4. The molecule has 1 amide bonds. The minimum atomic E-state index is -3.37. The fraction of sp³-hybridized carbons (Fsp3) is 0.240. The van der Waals surface area contributed by atoms with E-state index in [0.717, 1.165) is 12.8 Å². The summed E-state index contributed by atoms with van der Waals surface area (Å²) >= 11 is 0. The van der Waals surface area contributed by atoms with Crippen LogP contribution in [-0.4, -0.2) is 50.4 Å². The number of halogens is 1. The van der Waals surface area contributed by atoms with E-state index in [0.29, 0.717) is 53.5 Å². The second kappa shape index (κ2) is 9.76. The van der Waals surface area contributed by atoms with Crippen LogP contribution >= 0.6 is 11.0 Å². The van der Waals surface area contributed by atoms with E-state index in [2.05, 4.69) is 14.1 Å². The molecule has 3 heterocycles. The number of nitrogens with two attached hydrogens (primary N) is 1. The molecule has 1 unspecified atom stereocenters. The Bertz CT molecular complexity index is 1340. The zero-order chi connectivity index (χ0) is 25.3. The molecular formula is C25H26FN5O4S. The number of likely N-dealkylation sites (tertiary alicyclic amines) is 1. The van der Waals surface area contributed by atoms with Crippen molar-refractivity contribution in [2.45, 2.75) is 12.8 Å². The molecule has 0 saturated carbocycles. The predicted molar refractivity (Wildman–Crippen MR) is 137 cm³/mol. The molecule has 2 aliphatic rings. The predicted octanol–water partition coefficient (Wildman–Crippen LogP) is 4.53. The Hall–Kier alpha value is -3.67. The monoisotopic (exact) mass is 511 g/mol. The molecule has 1 saturated heterocycles. The molecule has 0 spiro atoms. The zero-order valence-corrected chi connectivity index (χ0v) is 20.1. The second-order valence-corrected chi connectivity index (χ2v) is 10.2. The van der Waals surface area contributed by atoms with Crippen LogP contribution in [0.25, 0.3) is 11.3 Å². The number of nitrogens with one attached hydrogen (secondary N) is 1. The molecule has 36 heavy (non-hydrogen) atoms. The number of fused-ring (bicyclic) bond motifs is 1. The average Bonchev–Trinajstić information content (AvgIpc) is 2.86. The minimum absolute atomic E-state index is 0.00779. The highest BCUT2D eigenvalue weighted by atomic mass is 32.3. The number of rotatable bonds is 5. The Morgan fingerprint density at radius 1 is 1.22 bits per heavy atom. The Balaban J connectivity index is 1.26. The quantitative estimate of drug-likeness (QED) is 0.395. The van der Waals surface area contributed by atoms with Crippen LogP contribution in [0.4, 0.5) is 10.1 Å². The van der Waals surface area contributed by atoms with Crippen molar-refractivity contribution in [1.29, 1.82) is 0 Å². The van der Waals surface area contributed by atoms with Crippen molar-refractivity contribution >= 4 is 28.4 Å². The lowest BCUT2D eigenvalue weighted by Gasteiger charge is -2.34. The number of carbonyl (C=O) groups is 1. The standard InChI is InChI=1S/C25H26FN5O4S/c26-19-6-1-5-17(12-19)21-13-18(9-10-28-21)25(32)31-11-3-4-16(14-31)15-35-22-8-2-7-20-23(22)24(27)30-36(33,34)29-20/h1-2,5-10,12-13,16,29,33-34H,3-4,11,14-15H2,(H2,27,30). The number of hydrogen-bond donors (Lipinski definition) is 4. The van der Waals surface area contributed by atoms with Crippen LogP contribution in [0.1, 0.15) is 28.8 Å². The van der Waals surface area contributed by atoms with E-state index >= 15 is 0 Å². The smallest absolute Gasteiger partial charge is 0.253 e. The molecule has 1 atom stereocenters. The number of aromatic nitrogens is 1. The second-order valence-electron chi connectivity index (χ2n) is 8.79. The molecule has 5 rings (SSSR count). The number of nitrogens with zero attached hydrogens (tertiary/aromatic N) is 3. The van der Waals surface area contributed by atoms with Crippen molar-refractivity contribution in [2.24, 2.45) is 16.0 Å². The number of amides is 1. The number of hydrogen-bond acceptors (Lipinski definition) is 8. The highest BCUT2D eigenvalue weighted by Gasteiger charge is 2.28. The summed E-state index contributed by atoms with van der Waals surface area (Å²) in [5.41, 5.74) is 8.54. The third-order valence-electron chi connectivity index (χ3n) is 6.16. The van der Waals surface area contributed by atoms with Gasteiger partial charge in [0.15, 0.2) is 5.84 Å². The summed E-state index contributed by atoms with van der Waals surface area (Å²) in [6.07, 6.45) is 3.29. The van der Waals surface area contributed by atoms with Gasteiger partial charge in [0, 0.05) is 36.3 Å². The molecule has 1 aromatic heterocycles. The first-order chi connectivity index (χ1) is 17.3. The number of piperidine rings is 1. The van der Waals surface area contributed by atoms with Crippen molar-refractivity contribution in [1.82, 2.24) is 9.88 Å². The largest absolute Gasteiger partial charge is 0.492 e. The number of anilines is 1. The number of benzene rings is 2. The number of ether oxygens (including phenoxy) is 1. The minimum Gasteiger partial charge on any atom is -0.492 e. The molecule has 0 bridgehead atoms.